The molecule has 0 unspecified atom stereocenters. The Labute approximate surface area is 107 Å². The van der Waals surface area contributed by atoms with Gasteiger partial charge < -0.3 is 4.90 Å². The predicted molar refractivity (Wildman–Crippen MR) is 71.5 cm³/mol. The van der Waals surface area contributed by atoms with E-state index in [4.69, 9.17) is 17.0 Å². The normalized spacial score (nSPS) is 16.5. The zero-order valence-corrected chi connectivity index (χ0v) is 10.8. The van der Waals surface area contributed by atoms with E-state index in [1.165, 1.54) is 32.1 Å². The summed E-state index contributed by atoms with van der Waals surface area (Å²) in [5.41, 5.74) is 1.52. The largest absolute Gasteiger partial charge is 0.403 e. The van der Waals surface area contributed by atoms with Crippen molar-refractivity contribution in [2.24, 2.45) is 0 Å². The Kier molecular flexibility index (Phi) is 3.86. The second kappa shape index (κ2) is 5.37. The van der Waals surface area contributed by atoms with Gasteiger partial charge in [0.1, 0.15) is 5.02 Å². The molecule has 1 aliphatic rings. The number of hydrogen-bond donors (Lipinski definition) is 0. The van der Waals surface area contributed by atoms with Crippen molar-refractivity contribution in [1.29, 1.82) is 5.39 Å². The third kappa shape index (κ3) is 2.70. The third-order valence-electron chi connectivity index (χ3n) is 3.57. The minimum absolute atomic E-state index is 0.424. The van der Waals surface area contributed by atoms with E-state index in [9.17, 15) is 0 Å². The van der Waals surface area contributed by atoms with Crippen LogP contribution in [0.25, 0.3) is 4.98 Å². The first kappa shape index (κ1) is 12.2. The lowest BCUT2D eigenvalue weighted by Crippen LogP contribution is -2.33. The maximum absolute atomic E-state index is 8.72. The summed E-state index contributed by atoms with van der Waals surface area (Å²) in [6, 6.07) is 6.18. The Bertz CT molecular complexity index is 433. The number of anilines is 1. The molecule has 90 valence electrons. The van der Waals surface area contributed by atoms with E-state index >= 15 is 0 Å². The Morgan fingerprint density at radius 2 is 2.00 bits per heavy atom. The van der Waals surface area contributed by atoms with Crippen molar-refractivity contribution in [2.45, 2.75) is 38.1 Å². The minimum atomic E-state index is 0.424. The molecule has 0 radical (unpaired) electrons. The van der Waals surface area contributed by atoms with Crippen LogP contribution in [0, 0.1) is 5.39 Å². The molecule has 0 aromatic heterocycles. The fourth-order valence-electron chi connectivity index (χ4n) is 2.48. The highest BCUT2D eigenvalue weighted by atomic mass is 35.5. The monoisotopic (exact) mass is 250 g/mol. The van der Waals surface area contributed by atoms with Crippen molar-refractivity contribution in [3.63, 3.8) is 0 Å². The summed E-state index contributed by atoms with van der Waals surface area (Å²) in [4.78, 5) is 5.42. The van der Waals surface area contributed by atoms with Gasteiger partial charge in [-0.1, -0.05) is 30.9 Å². The molecular weight excluding hydrogens is 234 g/mol. The minimum Gasteiger partial charge on any atom is -0.372 e. The van der Waals surface area contributed by atoms with E-state index in [1.807, 2.05) is 12.1 Å². The van der Waals surface area contributed by atoms with Crippen LogP contribution in [-0.2, 0) is 0 Å². The van der Waals surface area contributed by atoms with Crippen LogP contribution in [0.1, 0.15) is 32.1 Å². The number of hydrogen-bond acceptors (Lipinski definition) is 2. The van der Waals surface area contributed by atoms with Crippen LogP contribution in [0.2, 0.25) is 5.02 Å². The molecule has 1 aliphatic carbocycles. The highest BCUT2D eigenvalue weighted by molar-refractivity contribution is 6.33. The van der Waals surface area contributed by atoms with Crippen molar-refractivity contribution in [1.82, 2.24) is 0 Å². The molecule has 1 aromatic rings. The number of diazo groups is 1. The molecule has 1 aromatic carbocycles. The molecular formula is C13H17ClN3+. The Morgan fingerprint density at radius 3 is 2.59 bits per heavy atom. The molecule has 0 saturated heterocycles. The van der Waals surface area contributed by atoms with Crippen molar-refractivity contribution in [3.05, 3.63) is 28.2 Å². The van der Waals surface area contributed by atoms with E-state index in [2.05, 4.69) is 16.9 Å². The number of halogens is 1. The van der Waals surface area contributed by atoms with Crippen LogP contribution >= 0.6 is 11.6 Å². The Hall–Kier alpha value is -1.27. The predicted octanol–water partition coefficient (Wildman–Crippen LogP) is 4.59. The second-order valence-corrected chi connectivity index (χ2v) is 5.05. The first-order valence-electron chi connectivity index (χ1n) is 6.10. The first-order valence-corrected chi connectivity index (χ1v) is 6.47. The molecule has 0 atom stereocenters. The van der Waals surface area contributed by atoms with Gasteiger partial charge in [0.05, 0.1) is 0 Å². The summed E-state index contributed by atoms with van der Waals surface area (Å²) in [5, 5.41) is 9.22. The highest BCUT2D eigenvalue weighted by Crippen LogP contribution is 2.32. The molecule has 0 bridgehead atoms. The number of nitrogens with zero attached hydrogens (tertiary/aromatic N) is 3. The second-order valence-electron chi connectivity index (χ2n) is 4.64. The van der Waals surface area contributed by atoms with E-state index in [0.29, 0.717) is 16.8 Å². The zero-order valence-electron chi connectivity index (χ0n) is 10.1. The number of benzene rings is 1. The van der Waals surface area contributed by atoms with Crippen LogP contribution in [0.5, 0.6) is 0 Å². The van der Waals surface area contributed by atoms with Crippen LogP contribution in [0.15, 0.2) is 18.2 Å². The van der Waals surface area contributed by atoms with Gasteiger partial charge in [-0.05, 0) is 25.0 Å². The lowest BCUT2D eigenvalue weighted by atomic mass is 9.94. The molecule has 0 heterocycles. The summed E-state index contributed by atoms with van der Waals surface area (Å²) >= 11 is 6.03. The fraction of sp³-hybridized carbons (Fsp3) is 0.538. The maximum atomic E-state index is 8.72. The maximum Gasteiger partial charge on any atom is 0.403 e. The standard InChI is InChI=1S/C13H17ClN3/c1-17(10-5-3-2-4-6-10)11-7-8-13(16-15)12(14)9-11/h7-10H,2-6H2,1H3/q+1. The topological polar surface area (TPSA) is 31.4 Å². The first-order chi connectivity index (χ1) is 8.22. The molecule has 17 heavy (non-hydrogen) atoms. The van der Waals surface area contributed by atoms with Gasteiger partial charge >= 0.3 is 5.69 Å². The lowest BCUT2D eigenvalue weighted by molar-refractivity contribution is 0.427. The molecule has 4 heteroatoms. The summed E-state index contributed by atoms with van der Waals surface area (Å²) < 4.78 is 0. The summed E-state index contributed by atoms with van der Waals surface area (Å²) in [6.45, 7) is 0. The van der Waals surface area contributed by atoms with Crippen LogP contribution < -0.4 is 4.90 Å². The van der Waals surface area contributed by atoms with E-state index in [0.717, 1.165) is 5.69 Å². The highest BCUT2D eigenvalue weighted by Gasteiger charge is 2.20. The zero-order chi connectivity index (χ0) is 12.3. The molecule has 0 spiro atoms. The van der Waals surface area contributed by atoms with Crippen molar-refractivity contribution in [2.75, 3.05) is 11.9 Å². The van der Waals surface area contributed by atoms with Gasteiger partial charge in [-0.3, -0.25) is 0 Å². The lowest BCUT2D eigenvalue weighted by Gasteiger charge is -2.32. The SMILES string of the molecule is CN(c1ccc([N+]#N)c(Cl)c1)C1CCCCC1. The van der Waals surface area contributed by atoms with Gasteiger partial charge in [0.2, 0.25) is 5.39 Å². The molecule has 1 saturated carbocycles. The average molecular weight is 251 g/mol. The molecule has 0 aliphatic heterocycles. The fourth-order valence-corrected chi connectivity index (χ4v) is 2.69. The van der Waals surface area contributed by atoms with Gasteiger partial charge in [0.15, 0.2) is 4.98 Å². The van der Waals surface area contributed by atoms with Crippen molar-refractivity contribution < 1.29 is 0 Å². The molecule has 1 fully saturated rings. The summed E-state index contributed by atoms with van der Waals surface area (Å²) in [7, 11) is 2.11. The van der Waals surface area contributed by atoms with E-state index < -0.39 is 0 Å². The summed E-state index contributed by atoms with van der Waals surface area (Å²) in [6.07, 6.45) is 6.48. The molecule has 0 N–H and O–H groups in total. The van der Waals surface area contributed by atoms with Gasteiger partial charge in [-0.25, -0.2) is 0 Å². The van der Waals surface area contributed by atoms with Crippen LogP contribution in [-0.4, -0.2) is 13.1 Å². The van der Waals surface area contributed by atoms with Gasteiger partial charge in [-0.15, -0.1) is 0 Å². The van der Waals surface area contributed by atoms with E-state index in [1.54, 1.807) is 6.07 Å². The Balaban J connectivity index is 2.16. The molecule has 3 nitrogen and oxygen atoms in total. The van der Waals surface area contributed by atoms with Crippen LogP contribution in [0.4, 0.5) is 11.4 Å². The van der Waals surface area contributed by atoms with Crippen molar-refractivity contribution in [3.8, 4) is 0 Å². The van der Waals surface area contributed by atoms with Gasteiger partial charge in [0, 0.05) is 24.8 Å². The third-order valence-corrected chi connectivity index (χ3v) is 3.87. The Morgan fingerprint density at radius 1 is 1.29 bits per heavy atom. The van der Waals surface area contributed by atoms with Crippen molar-refractivity contribution >= 4 is 23.0 Å². The van der Waals surface area contributed by atoms with Gasteiger partial charge in [-0.2, -0.15) is 0 Å². The summed E-state index contributed by atoms with van der Waals surface area (Å²) in [5.74, 6) is 0. The van der Waals surface area contributed by atoms with Gasteiger partial charge in [0.25, 0.3) is 0 Å². The quantitative estimate of drug-likeness (QED) is 0.719. The van der Waals surface area contributed by atoms with Crippen LogP contribution in [0.3, 0.4) is 0 Å². The van der Waals surface area contributed by atoms with E-state index in [-0.39, 0.29) is 0 Å². The molecule has 2 rings (SSSR count). The molecule has 0 amide bonds. The smallest absolute Gasteiger partial charge is 0.372 e. The number of rotatable bonds is 2. The average Bonchev–Trinajstić information content (AvgIpc) is 2.39.